The Balaban J connectivity index is 1.49. The molecule has 1 aliphatic heterocycles. The lowest BCUT2D eigenvalue weighted by atomic mass is 10.2. The second-order valence-corrected chi connectivity index (χ2v) is 7.17. The van der Waals surface area contributed by atoms with Crippen LogP contribution in [-0.2, 0) is 14.3 Å². The quantitative estimate of drug-likeness (QED) is 0.665. The molecule has 160 valence electrons. The van der Waals surface area contributed by atoms with Gasteiger partial charge in [0.05, 0.1) is 18.9 Å². The third-order valence-electron chi connectivity index (χ3n) is 4.47. The highest BCUT2D eigenvalue weighted by atomic mass is 35.5. The van der Waals surface area contributed by atoms with Crippen LogP contribution in [0.5, 0.6) is 5.75 Å². The normalized spacial score (nSPS) is 14.2. The summed E-state index contributed by atoms with van der Waals surface area (Å²) in [5, 5.41) is 5.74. The molecule has 2 amide bonds. The molecule has 3 rings (SSSR count). The lowest BCUT2D eigenvalue weighted by molar-refractivity contribution is -0.118. The Bertz CT molecular complexity index is 873. The van der Waals surface area contributed by atoms with E-state index >= 15 is 0 Å². The van der Waals surface area contributed by atoms with Gasteiger partial charge in [-0.3, -0.25) is 14.5 Å². The average Bonchev–Trinajstić information content (AvgIpc) is 2.75. The molecular formula is C21H23ClFN3O4. The summed E-state index contributed by atoms with van der Waals surface area (Å²) in [6.45, 7) is 3.22. The second-order valence-electron chi connectivity index (χ2n) is 6.74. The van der Waals surface area contributed by atoms with Gasteiger partial charge in [0.1, 0.15) is 11.6 Å². The number of carbonyl (C=O) groups excluding carboxylic acids is 2. The zero-order chi connectivity index (χ0) is 21.3. The van der Waals surface area contributed by atoms with Crippen LogP contribution in [-0.4, -0.2) is 56.2 Å². The number of hydrogen-bond acceptors (Lipinski definition) is 5. The maximum atomic E-state index is 14.1. The van der Waals surface area contributed by atoms with Crippen molar-refractivity contribution < 1.29 is 23.5 Å². The van der Waals surface area contributed by atoms with Gasteiger partial charge in [0, 0.05) is 36.8 Å². The van der Waals surface area contributed by atoms with Crippen molar-refractivity contribution >= 4 is 34.8 Å². The first-order valence-corrected chi connectivity index (χ1v) is 9.95. The predicted molar refractivity (Wildman–Crippen MR) is 112 cm³/mol. The SMILES string of the molecule is O=C(COc1ccc(Cl)cc1)Nc1ccc(F)c(NC(=O)CCN2CCOCC2)c1. The van der Waals surface area contributed by atoms with Crippen LogP contribution in [0.4, 0.5) is 15.8 Å². The Morgan fingerprint density at radius 2 is 1.80 bits per heavy atom. The summed E-state index contributed by atoms with van der Waals surface area (Å²) in [6, 6.07) is 10.6. The molecule has 9 heteroatoms. The van der Waals surface area contributed by atoms with Gasteiger partial charge in [-0.2, -0.15) is 0 Å². The van der Waals surface area contributed by atoms with Crippen molar-refractivity contribution in [3.63, 3.8) is 0 Å². The van der Waals surface area contributed by atoms with Gasteiger partial charge in [-0.05, 0) is 42.5 Å². The summed E-state index contributed by atoms with van der Waals surface area (Å²) in [7, 11) is 0. The topological polar surface area (TPSA) is 79.9 Å². The summed E-state index contributed by atoms with van der Waals surface area (Å²) in [5.41, 5.74) is 0.364. The molecule has 0 radical (unpaired) electrons. The Kier molecular flexibility index (Phi) is 8.01. The van der Waals surface area contributed by atoms with Crippen LogP contribution in [0, 0.1) is 5.82 Å². The van der Waals surface area contributed by atoms with E-state index in [1.165, 1.54) is 18.2 Å². The number of amides is 2. The lowest BCUT2D eigenvalue weighted by Crippen LogP contribution is -2.38. The number of halogens is 2. The monoisotopic (exact) mass is 435 g/mol. The molecule has 2 N–H and O–H groups in total. The van der Waals surface area contributed by atoms with Gasteiger partial charge < -0.3 is 20.1 Å². The van der Waals surface area contributed by atoms with Gasteiger partial charge in [-0.1, -0.05) is 11.6 Å². The maximum Gasteiger partial charge on any atom is 0.262 e. The summed E-state index contributed by atoms with van der Waals surface area (Å²) >= 11 is 5.80. The van der Waals surface area contributed by atoms with Crippen LogP contribution in [0.1, 0.15) is 6.42 Å². The molecule has 0 bridgehead atoms. The van der Waals surface area contributed by atoms with Gasteiger partial charge in [0.25, 0.3) is 5.91 Å². The van der Waals surface area contributed by atoms with Crippen molar-refractivity contribution in [2.45, 2.75) is 6.42 Å². The van der Waals surface area contributed by atoms with Crippen LogP contribution < -0.4 is 15.4 Å². The third kappa shape index (κ3) is 6.98. The van der Waals surface area contributed by atoms with E-state index in [0.717, 1.165) is 13.1 Å². The lowest BCUT2D eigenvalue weighted by Gasteiger charge is -2.26. The second kappa shape index (κ2) is 10.9. The van der Waals surface area contributed by atoms with Gasteiger partial charge in [-0.15, -0.1) is 0 Å². The number of hydrogen-bond donors (Lipinski definition) is 2. The molecule has 0 spiro atoms. The third-order valence-corrected chi connectivity index (χ3v) is 4.72. The number of nitrogens with zero attached hydrogens (tertiary/aromatic N) is 1. The van der Waals surface area contributed by atoms with Crippen LogP contribution in [0.25, 0.3) is 0 Å². The van der Waals surface area contributed by atoms with E-state index in [2.05, 4.69) is 15.5 Å². The first-order chi connectivity index (χ1) is 14.5. The Morgan fingerprint density at radius 1 is 1.07 bits per heavy atom. The Labute approximate surface area is 179 Å². The van der Waals surface area contributed by atoms with Crippen molar-refractivity contribution in [1.29, 1.82) is 0 Å². The molecule has 1 saturated heterocycles. The smallest absolute Gasteiger partial charge is 0.262 e. The van der Waals surface area contributed by atoms with E-state index in [9.17, 15) is 14.0 Å². The number of benzene rings is 2. The van der Waals surface area contributed by atoms with Crippen LogP contribution in [0.3, 0.4) is 0 Å². The van der Waals surface area contributed by atoms with E-state index < -0.39 is 11.7 Å². The molecule has 0 aliphatic carbocycles. The number of nitrogens with one attached hydrogen (secondary N) is 2. The summed E-state index contributed by atoms with van der Waals surface area (Å²) < 4.78 is 24.7. The van der Waals surface area contributed by atoms with E-state index in [0.29, 0.717) is 36.2 Å². The fourth-order valence-corrected chi connectivity index (χ4v) is 3.00. The van der Waals surface area contributed by atoms with Gasteiger partial charge in [-0.25, -0.2) is 4.39 Å². The molecule has 1 fully saturated rings. The van der Waals surface area contributed by atoms with Crippen LogP contribution in [0.15, 0.2) is 42.5 Å². The molecule has 2 aromatic carbocycles. The first-order valence-electron chi connectivity index (χ1n) is 9.57. The van der Waals surface area contributed by atoms with Crippen molar-refractivity contribution in [2.75, 3.05) is 50.1 Å². The Morgan fingerprint density at radius 3 is 2.53 bits per heavy atom. The number of anilines is 2. The first kappa shape index (κ1) is 22.0. The van der Waals surface area contributed by atoms with E-state index in [4.69, 9.17) is 21.1 Å². The maximum absolute atomic E-state index is 14.1. The van der Waals surface area contributed by atoms with E-state index in [1.807, 2.05) is 0 Å². The molecule has 30 heavy (non-hydrogen) atoms. The fourth-order valence-electron chi connectivity index (χ4n) is 2.87. The molecule has 0 aromatic heterocycles. The van der Waals surface area contributed by atoms with Gasteiger partial charge in [0.15, 0.2) is 6.61 Å². The zero-order valence-corrected chi connectivity index (χ0v) is 17.1. The molecule has 7 nitrogen and oxygen atoms in total. The van der Waals surface area contributed by atoms with Crippen molar-refractivity contribution in [2.24, 2.45) is 0 Å². The largest absolute Gasteiger partial charge is 0.484 e. The number of morpholine rings is 1. The molecule has 0 unspecified atom stereocenters. The highest BCUT2D eigenvalue weighted by Gasteiger charge is 2.14. The minimum atomic E-state index is -0.579. The number of ether oxygens (including phenoxy) is 2. The van der Waals surface area contributed by atoms with E-state index in [-0.39, 0.29) is 24.6 Å². The minimum absolute atomic E-state index is 0.0124. The molecule has 0 atom stereocenters. The van der Waals surface area contributed by atoms with Gasteiger partial charge in [0.2, 0.25) is 5.91 Å². The summed E-state index contributed by atoms with van der Waals surface area (Å²) in [5.74, 6) is -0.789. The molecule has 2 aromatic rings. The number of carbonyl (C=O) groups is 2. The average molecular weight is 436 g/mol. The van der Waals surface area contributed by atoms with Crippen molar-refractivity contribution in [3.8, 4) is 5.75 Å². The fraction of sp³-hybridized carbons (Fsp3) is 0.333. The summed E-state index contributed by atoms with van der Waals surface area (Å²) in [4.78, 5) is 26.4. The van der Waals surface area contributed by atoms with Crippen molar-refractivity contribution in [1.82, 2.24) is 4.90 Å². The van der Waals surface area contributed by atoms with Crippen LogP contribution >= 0.6 is 11.6 Å². The molecule has 1 heterocycles. The van der Waals surface area contributed by atoms with Gasteiger partial charge >= 0.3 is 0 Å². The zero-order valence-electron chi connectivity index (χ0n) is 16.3. The summed E-state index contributed by atoms with van der Waals surface area (Å²) in [6.07, 6.45) is 0.241. The van der Waals surface area contributed by atoms with Crippen LogP contribution in [0.2, 0.25) is 5.02 Å². The molecular weight excluding hydrogens is 413 g/mol. The molecule has 0 saturated carbocycles. The number of rotatable bonds is 8. The van der Waals surface area contributed by atoms with E-state index in [1.54, 1.807) is 24.3 Å². The highest BCUT2D eigenvalue weighted by molar-refractivity contribution is 6.30. The molecule has 1 aliphatic rings. The minimum Gasteiger partial charge on any atom is -0.484 e. The predicted octanol–water partition coefficient (Wildman–Crippen LogP) is 3.16. The standard InChI is InChI=1S/C21H23ClFN3O4/c22-15-1-4-17(5-2-15)30-14-21(28)24-16-3-6-18(23)19(13-16)25-20(27)7-8-26-9-11-29-12-10-26/h1-6,13H,7-12,14H2,(H,24,28)(H,25,27). The Hall–Kier alpha value is -2.68. The highest BCUT2D eigenvalue weighted by Crippen LogP contribution is 2.20. The van der Waals surface area contributed by atoms with Crippen molar-refractivity contribution in [3.05, 3.63) is 53.3 Å².